The number of halogens is 1. The molecule has 1 amide bonds. The van der Waals surface area contributed by atoms with Crippen molar-refractivity contribution in [3.05, 3.63) is 59.4 Å². The smallest absolute Gasteiger partial charge is 0.338 e. The van der Waals surface area contributed by atoms with Crippen LogP contribution in [0.2, 0.25) is 0 Å². The number of carbonyl (C=O) groups excluding carboxylic acids is 1. The van der Waals surface area contributed by atoms with Crippen LogP contribution in [0.5, 0.6) is 0 Å². The van der Waals surface area contributed by atoms with Crippen LogP contribution >= 0.6 is 0 Å². The molecular formula is C25H26FNO4. The number of benzene rings is 2. The normalized spacial score (nSPS) is 24.4. The van der Waals surface area contributed by atoms with Crippen molar-refractivity contribution in [2.75, 3.05) is 19.7 Å². The molecule has 162 valence electrons. The first-order valence-electron chi connectivity index (χ1n) is 11.0. The molecule has 6 heteroatoms. The van der Waals surface area contributed by atoms with Crippen LogP contribution in [0.1, 0.15) is 53.9 Å². The van der Waals surface area contributed by atoms with Crippen LogP contribution in [0.15, 0.2) is 42.5 Å². The van der Waals surface area contributed by atoms with E-state index in [-0.39, 0.29) is 23.0 Å². The minimum Gasteiger partial charge on any atom is -0.478 e. The molecule has 0 bridgehead atoms. The number of likely N-dealkylation sites (tertiary alicyclic amines) is 1. The first kappa shape index (κ1) is 20.2. The Morgan fingerprint density at radius 1 is 1.10 bits per heavy atom. The van der Waals surface area contributed by atoms with E-state index in [4.69, 9.17) is 9.84 Å². The predicted molar refractivity (Wildman–Crippen MR) is 113 cm³/mol. The number of piperidine rings is 1. The lowest BCUT2D eigenvalue weighted by atomic mass is 9.88. The lowest BCUT2D eigenvalue weighted by Gasteiger charge is -2.34. The molecule has 31 heavy (non-hydrogen) atoms. The van der Waals surface area contributed by atoms with E-state index in [1.807, 2.05) is 29.2 Å². The fourth-order valence-corrected chi connectivity index (χ4v) is 5.34. The zero-order valence-electron chi connectivity index (χ0n) is 17.4. The third-order valence-corrected chi connectivity index (χ3v) is 7.32. The summed E-state index contributed by atoms with van der Waals surface area (Å²) in [5.74, 6) is -1.34. The SMILES string of the molecule is O=C(O)c1cccc(-c2ccc([C@@H]3CC34CCN(C(=O)C3CCCO3)CC4)cc2)c1F. The molecule has 5 rings (SSSR count). The molecule has 2 aromatic carbocycles. The van der Waals surface area contributed by atoms with Crippen LogP contribution in [0.3, 0.4) is 0 Å². The summed E-state index contributed by atoms with van der Waals surface area (Å²) in [6, 6.07) is 12.3. The minimum absolute atomic E-state index is 0.152. The van der Waals surface area contributed by atoms with E-state index in [9.17, 15) is 14.0 Å². The molecule has 1 unspecified atom stereocenters. The van der Waals surface area contributed by atoms with E-state index in [1.54, 1.807) is 12.1 Å². The van der Waals surface area contributed by atoms with Crippen molar-refractivity contribution >= 4 is 11.9 Å². The number of carbonyl (C=O) groups is 2. The van der Waals surface area contributed by atoms with E-state index < -0.39 is 11.8 Å². The van der Waals surface area contributed by atoms with Crippen LogP contribution in [0, 0.1) is 11.2 Å². The van der Waals surface area contributed by atoms with Crippen molar-refractivity contribution < 1.29 is 23.8 Å². The molecule has 1 saturated carbocycles. The number of ether oxygens (including phenoxy) is 1. The van der Waals surface area contributed by atoms with E-state index in [0.717, 1.165) is 45.2 Å². The Morgan fingerprint density at radius 3 is 2.48 bits per heavy atom. The van der Waals surface area contributed by atoms with Crippen LogP contribution < -0.4 is 0 Å². The molecule has 2 atom stereocenters. The van der Waals surface area contributed by atoms with Gasteiger partial charge < -0.3 is 14.7 Å². The Kier molecular flexibility index (Phi) is 5.05. The summed E-state index contributed by atoms with van der Waals surface area (Å²) in [7, 11) is 0. The first-order valence-corrected chi connectivity index (χ1v) is 11.0. The van der Waals surface area contributed by atoms with Crippen molar-refractivity contribution in [1.82, 2.24) is 4.90 Å². The highest BCUT2D eigenvalue weighted by atomic mass is 19.1. The second-order valence-corrected chi connectivity index (χ2v) is 9.04. The first-order chi connectivity index (χ1) is 15.0. The largest absolute Gasteiger partial charge is 0.478 e. The van der Waals surface area contributed by atoms with Gasteiger partial charge in [-0.3, -0.25) is 4.79 Å². The van der Waals surface area contributed by atoms with E-state index in [2.05, 4.69) is 0 Å². The van der Waals surface area contributed by atoms with E-state index in [1.165, 1.54) is 11.6 Å². The highest BCUT2D eigenvalue weighted by Crippen LogP contribution is 2.65. The van der Waals surface area contributed by atoms with Crippen LogP contribution in [-0.4, -0.2) is 47.7 Å². The molecule has 3 aliphatic rings. The molecular weight excluding hydrogens is 397 g/mol. The van der Waals surface area contributed by atoms with Gasteiger partial charge in [0.2, 0.25) is 0 Å². The van der Waals surface area contributed by atoms with Gasteiger partial charge in [0, 0.05) is 25.3 Å². The Balaban J connectivity index is 1.25. The molecule has 2 aliphatic heterocycles. The fraction of sp³-hybridized carbons (Fsp3) is 0.440. The van der Waals surface area contributed by atoms with Gasteiger partial charge in [-0.05, 0) is 60.6 Å². The average molecular weight is 423 g/mol. The second-order valence-electron chi connectivity index (χ2n) is 9.04. The van der Waals surface area contributed by atoms with Crippen molar-refractivity contribution in [2.24, 2.45) is 5.41 Å². The Morgan fingerprint density at radius 2 is 1.84 bits per heavy atom. The molecule has 1 spiro atoms. The summed E-state index contributed by atoms with van der Waals surface area (Å²) in [6.07, 6.45) is 4.70. The van der Waals surface area contributed by atoms with Gasteiger partial charge in [-0.1, -0.05) is 36.4 Å². The van der Waals surface area contributed by atoms with Crippen LogP contribution in [0.4, 0.5) is 4.39 Å². The standard InChI is InChI=1S/C25H26FNO4/c26-22-18(3-1-4-19(22)24(29)30)16-6-8-17(9-7-16)20-15-25(20)10-12-27(13-11-25)23(28)21-5-2-14-31-21/h1,3-4,6-9,20-21H,2,5,10-15H2,(H,29,30)/t20-,21?/m0/s1. The van der Waals surface area contributed by atoms with Crippen LogP contribution in [0.25, 0.3) is 11.1 Å². The Labute approximate surface area is 180 Å². The lowest BCUT2D eigenvalue weighted by molar-refractivity contribution is -0.142. The van der Waals surface area contributed by atoms with E-state index >= 15 is 0 Å². The summed E-state index contributed by atoms with van der Waals surface area (Å²) >= 11 is 0. The number of carboxylic acids is 1. The molecule has 0 aromatic heterocycles. The summed E-state index contributed by atoms with van der Waals surface area (Å²) in [5.41, 5.74) is 2.17. The minimum atomic E-state index is -1.26. The highest BCUT2D eigenvalue weighted by Gasteiger charge is 2.55. The zero-order chi connectivity index (χ0) is 21.6. The topological polar surface area (TPSA) is 66.8 Å². The highest BCUT2D eigenvalue weighted by molar-refractivity contribution is 5.90. The quantitative estimate of drug-likeness (QED) is 0.788. The molecule has 3 fully saturated rings. The number of amides is 1. The average Bonchev–Trinajstić information content (AvgIpc) is 3.20. The monoisotopic (exact) mass is 423 g/mol. The van der Waals surface area contributed by atoms with Gasteiger partial charge in [0.15, 0.2) is 0 Å². The van der Waals surface area contributed by atoms with Crippen molar-refractivity contribution in [2.45, 2.75) is 44.1 Å². The van der Waals surface area contributed by atoms with Gasteiger partial charge in [-0.15, -0.1) is 0 Å². The Bertz CT molecular complexity index is 1000. The summed E-state index contributed by atoms with van der Waals surface area (Å²) < 4.78 is 20.1. The molecule has 0 radical (unpaired) electrons. The fourth-order valence-electron chi connectivity index (χ4n) is 5.34. The van der Waals surface area contributed by atoms with Gasteiger partial charge >= 0.3 is 5.97 Å². The number of aromatic carboxylic acids is 1. The molecule has 1 N–H and O–H groups in total. The van der Waals surface area contributed by atoms with Crippen LogP contribution in [-0.2, 0) is 9.53 Å². The molecule has 5 nitrogen and oxygen atoms in total. The summed E-state index contributed by atoms with van der Waals surface area (Å²) in [5, 5.41) is 9.15. The van der Waals surface area contributed by atoms with Gasteiger partial charge in [-0.2, -0.15) is 0 Å². The molecule has 2 aromatic rings. The molecule has 1 aliphatic carbocycles. The number of rotatable bonds is 4. The van der Waals surface area contributed by atoms with Gasteiger partial charge in [-0.25, -0.2) is 9.18 Å². The summed E-state index contributed by atoms with van der Waals surface area (Å²) in [6.45, 7) is 2.28. The predicted octanol–water partition coefficient (Wildman–Crippen LogP) is 4.47. The van der Waals surface area contributed by atoms with Gasteiger partial charge in [0.25, 0.3) is 5.91 Å². The third-order valence-electron chi connectivity index (χ3n) is 7.32. The van der Waals surface area contributed by atoms with Gasteiger partial charge in [0.05, 0.1) is 5.56 Å². The second kappa shape index (κ2) is 7.75. The Hall–Kier alpha value is -2.73. The van der Waals surface area contributed by atoms with E-state index in [0.29, 0.717) is 23.7 Å². The van der Waals surface area contributed by atoms with Crippen molar-refractivity contribution in [1.29, 1.82) is 0 Å². The maximum absolute atomic E-state index is 14.6. The number of hydrogen-bond donors (Lipinski definition) is 1. The molecule has 2 saturated heterocycles. The maximum Gasteiger partial charge on any atom is 0.338 e. The zero-order valence-corrected chi connectivity index (χ0v) is 17.4. The van der Waals surface area contributed by atoms with Crippen molar-refractivity contribution in [3.63, 3.8) is 0 Å². The lowest BCUT2D eigenvalue weighted by Crippen LogP contribution is -2.44. The summed E-state index contributed by atoms with van der Waals surface area (Å²) in [4.78, 5) is 25.7. The number of carboxylic acid groups (broad SMARTS) is 1. The number of hydrogen-bond acceptors (Lipinski definition) is 3. The molecule has 2 heterocycles. The maximum atomic E-state index is 14.6. The van der Waals surface area contributed by atoms with Gasteiger partial charge in [0.1, 0.15) is 11.9 Å². The third kappa shape index (κ3) is 3.63. The number of nitrogens with zero attached hydrogens (tertiary/aromatic N) is 1. The van der Waals surface area contributed by atoms with Crippen molar-refractivity contribution in [3.8, 4) is 11.1 Å².